The maximum atomic E-state index is 13.6. The second-order valence-corrected chi connectivity index (χ2v) is 11.4. The summed E-state index contributed by atoms with van der Waals surface area (Å²) in [6.07, 6.45) is 1.43. The molecule has 1 aliphatic carbocycles. The molecule has 2 aromatic rings. The fourth-order valence-corrected chi connectivity index (χ4v) is 6.43. The van der Waals surface area contributed by atoms with Gasteiger partial charge >= 0.3 is 5.97 Å². The molecule has 33 heavy (non-hydrogen) atoms. The summed E-state index contributed by atoms with van der Waals surface area (Å²) in [5, 5.41) is 9.06. The van der Waals surface area contributed by atoms with Crippen LogP contribution in [0.1, 0.15) is 72.3 Å². The van der Waals surface area contributed by atoms with E-state index in [9.17, 15) is 23.1 Å². The Bertz CT molecular complexity index is 1310. The number of benzene rings is 1. The first kappa shape index (κ1) is 23.8. The van der Waals surface area contributed by atoms with E-state index < -0.39 is 26.6 Å². The second-order valence-electron chi connectivity index (χ2n) is 8.72. The van der Waals surface area contributed by atoms with Crippen LogP contribution in [0.5, 0.6) is 5.75 Å². The normalized spacial score (nSPS) is 18.7. The van der Waals surface area contributed by atoms with E-state index in [0.29, 0.717) is 23.4 Å². The third-order valence-corrected chi connectivity index (χ3v) is 8.62. The number of hydrogen-bond acceptors (Lipinski definition) is 6. The fraction of sp³-hybridized carbons (Fsp3) is 0.478. The number of fused-ring (bicyclic) bond motifs is 3. The number of pyridine rings is 1. The highest BCUT2D eigenvalue weighted by molar-refractivity contribution is 7.92. The van der Waals surface area contributed by atoms with E-state index in [1.165, 1.54) is 30.7 Å². The number of rotatable bonds is 7. The summed E-state index contributed by atoms with van der Waals surface area (Å²) in [4.78, 5) is 25.6. The molecule has 1 unspecified atom stereocenters. The van der Waals surface area contributed by atoms with Crippen LogP contribution in [0.25, 0.3) is 11.3 Å². The van der Waals surface area contributed by atoms with E-state index in [0.717, 1.165) is 12.8 Å². The molecule has 0 radical (unpaired) electrons. The molecule has 8 nitrogen and oxygen atoms in total. The molecule has 0 amide bonds. The van der Waals surface area contributed by atoms with Crippen LogP contribution in [0.2, 0.25) is 5.02 Å². The minimum atomic E-state index is -3.92. The van der Waals surface area contributed by atoms with Crippen molar-refractivity contribution in [1.82, 2.24) is 4.57 Å². The third kappa shape index (κ3) is 3.76. The molecule has 1 N–H and O–H groups in total. The van der Waals surface area contributed by atoms with Crippen molar-refractivity contribution in [2.45, 2.75) is 55.7 Å². The maximum absolute atomic E-state index is 13.6. The highest BCUT2D eigenvalue weighted by atomic mass is 35.5. The number of aromatic carboxylic acids is 1. The van der Waals surface area contributed by atoms with Gasteiger partial charge in [-0.3, -0.25) is 4.79 Å². The average molecular weight is 496 g/mol. The first-order valence-corrected chi connectivity index (χ1v) is 12.7. The number of carboxylic acid groups (broad SMARTS) is 1. The zero-order valence-electron chi connectivity index (χ0n) is 18.8. The number of hydrogen-bond donors (Lipinski definition) is 1. The molecule has 1 aromatic carbocycles. The van der Waals surface area contributed by atoms with Crippen LogP contribution in [0.15, 0.2) is 21.8 Å². The van der Waals surface area contributed by atoms with Crippen molar-refractivity contribution in [2.75, 3.05) is 20.3 Å². The number of nitrogens with zero attached hydrogens (tertiary/aromatic N) is 1. The van der Waals surface area contributed by atoms with Crippen LogP contribution in [0, 0.1) is 0 Å². The molecule has 1 aromatic heterocycles. The summed E-state index contributed by atoms with van der Waals surface area (Å²) in [5.74, 6) is -1.52. The Hall–Kier alpha value is -2.36. The fourth-order valence-electron chi connectivity index (χ4n) is 4.55. The van der Waals surface area contributed by atoms with Crippen molar-refractivity contribution in [3.63, 3.8) is 0 Å². The zero-order chi connectivity index (χ0) is 24.2. The molecule has 2 heterocycles. The molecule has 2 aliphatic rings. The van der Waals surface area contributed by atoms with E-state index in [1.54, 1.807) is 13.8 Å². The SMILES string of the molecule is COCCOc1cc2c(cc1Cl)-c1c(c(C(C)C)c(C(=O)O)c(=O)n1C1CC1)C(C)S2(=O)=O. The summed E-state index contributed by atoms with van der Waals surface area (Å²) < 4.78 is 39.3. The number of halogens is 1. The predicted molar refractivity (Wildman–Crippen MR) is 123 cm³/mol. The average Bonchev–Trinajstić information content (AvgIpc) is 3.56. The second kappa shape index (κ2) is 8.45. The van der Waals surface area contributed by atoms with Gasteiger partial charge in [-0.25, -0.2) is 13.2 Å². The van der Waals surface area contributed by atoms with Gasteiger partial charge in [0.2, 0.25) is 0 Å². The van der Waals surface area contributed by atoms with Gasteiger partial charge in [0.05, 0.1) is 27.5 Å². The predicted octanol–water partition coefficient (Wildman–Crippen LogP) is 4.20. The van der Waals surface area contributed by atoms with Crippen LogP contribution in [-0.2, 0) is 14.6 Å². The monoisotopic (exact) mass is 495 g/mol. The van der Waals surface area contributed by atoms with Gasteiger partial charge in [0.15, 0.2) is 9.84 Å². The Kier molecular flexibility index (Phi) is 6.09. The number of carboxylic acids is 1. The Morgan fingerprint density at radius 1 is 1.27 bits per heavy atom. The van der Waals surface area contributed by atoms with E-state index in [1.807, 2.05) is 0 Å². The summed E-state index contributed by atoms with van der Waals surface area (Å²) in [6, 6.07) is 2.72. The van der Waals surface area contributed by atoms with Crippen LogP contribution in [0.4, 0.5) is 0 Å². The molecule has 0 spiro atoms. The smallest absolute Gasteiger partial charge is 0.341 e. The molecule has 0 saturated heterocycles. The largest absolute Gasteiger partial charge is 0.490 e. The number of carbonyl (C=O) groups is 1. The Morgan fingerprint density at radius 3 is 2.48 bits per heavy atom. The van der Waals surface area contributed by atoms with Crippen molar-refractivity contribution in [2.24, 2.45) is 0 Å². The van der Waals surface area contributed by atoms with Crippen molar-refractivity contribution in [3.05, 3.63) is 44.2 Å². The van der Waals surface area contributed by atoms with Crippen LogP contribution in [0.3, 0.4) is 0 Å². The van der Waals surface area contributed by atoms with Gasteiger partial charge in [-0.1, -0.05) is 25.4 Å². The molecule has 178 valence electrons. The summed E-state index contributed by atoms with van der Waals surface area (Å²) in [5.41, 5.74) is 0.408. The number of methoxy groups -OCH3 is 1. The molecule has 1 fully saturated rings. The van der Waals surface area contributed by atoms with Gasteiger partial charge in [-0.2, -0.15) is 0 Å². The molecule has 1 atom stereocenters. The summed E-state index contributed by atoms with van der Waals surface area (Å²) in [7, 11) is -2.39. The van der Waals surface area contributed by atoms with E-state index in [-0.39, 0.29) is 45.4 Å². The minimum Gasteiger partial charge on any atom is -0.490 e. The number of ether oxygens (including phenoxy) is 2. The van der Waals surface area contributed by atoms with Gasteiger partial charge in [-0.05, 0) is 42.9 Å². The van der Waals surface area contributed by atoms with Gasteiger partial charge in [0.1, 0.15) is 17.9 Å². The highest BCUT2D eigenvalue weighted by Gasteiger charge is 2.44. The molecular formula is C23H26ClNO7S. The highest BCUT2D eigenvalue weighted by Crippen LogP contribution is 2.51. The molecular weight excluding hydrogens is 470 g/mol. The zero-order valence-corrected chi connectivity index (χ0v) is 20.4. The lowest BCUT2D eigenvalue weighted by molar-refractivity contribution is 0.0692. The number of sulfone groups is 1. The van der Waals surface area contributed by atoms with Crippen LogP contribution in [-0.4, -0.2) is 44.4 Å². The lowest BCUT2D eigenvalue weighted by atomic mass is 9.87. The lowest BCUT2D eigenvalue weighted by Crippen LogP contribution is -2.34. The van der Waals surface area contributed by atoms with Gasteiger partial charge < -0.3 is 19.1 Å². The Morgan fingerprint density at radius 2 is 1.94 bits per heavy atom. The molecule has 4 rings (SSSR count). The van der Waals surface area contributed by atoms with Gasteiger partial charge in [0.25, 0.3) is 5.56 Å². The molecule has 1 saturated carbocycles. The standard InChI is InChI=1S/C23H26ClNO7S/c1-11(2)18-19-12(3)33(29,30)17-10-16(32-8-7-31-4)15(24)9-14(17)21(19)25(13-5-6-13)22(26)20(18)23(27)28/h9-13H,5-8H2,1-4H3,(H,27,28). The summed E-state index contributed by atoms with van der Waals surface area (Å²) >= 11 is 6.47. The van der Waals surface area contributed by atoms with Gasteiger partial charge in [0, 0.05) is 24.8 Å². The van der Waals surface area contributed by atoms with Crippen molar-refractivity contribution in [1.29, 1.82) is 0 Å². The van der Waals surface area contributed by atoms with E-state index >= 15 is 0 Å². The molecule has 10 heteroatoms. The van der Waals surface area contributed by atoms with Crippen molar-refractivity contribution in [3.8, 4) is 17.0 Å². The van der Waals surface area contributed by atoms with E-state index in [2.05, 4.69) is 0 Å². The number of aromatic nitrogens is 1. The van der Waals surface area contributed by atoms with E-state index in [4.69, 9.17) is 21.1 Å². The molecule has 0 bridgehead atoms. The first-order valence-electron chi connectivity index (χ1n) is 10.8. The summed E-state index contributed by atoms with van der Waals surface area (Å²) in [6.45, 7) is 5.55. The first-order chi connectivity index (χ1) is 15.5. The van der Waals surface area contributed by atoms with Crippen LogP contribution < -0.4 is 10.3 Å². The minimum absolute atomic E-state index is 0.0193. The quantitative estimate of drug-likeness (QED) is 0.573. The maximum Gasteiger partial charge on any atom is 0.341 e. The van der Waals surface area contributed by atoms with Gasteiger partial charge in [-0.15, -0.1) is 0 Å². The topological polar surface area (TPSA) is 112 Å². The van der Waals surface area contributed by atoms with Crippen molar-refractivity contribution >= 4 is 27.4 Å². The Labute approximate surface area is 197 Å². The van der Waals surface area contributed by atoms with Crippen molar-refractivity contribution < 1.29 is 27.8 Å². The molecule has 1 aliphatic heterocycles. The Balaban J connectivity index is 2.12. The lowest BCUT2D eigenvalue weighted by Gasteiger charge is -2.32. The van der Waals surface area contributed by atoms with Crippen LogP contribution >= 0.6 is 11.6 Å². The third-order valence-electron chi connectivity index (χ3n) is 6.20.